The third-order valence-electron chi connectivity index (χ3n) is 1.87. The van der Waals surface area contributed by atoms with Crippen molar-refractivity contribution in [1.29, 1.82) is 0 Å². The lowest BCUT2D eigenvalue weighted by Crippen LogP contribution is -2.01. The smallest absolute Gasteiger partial charge is 0.213 e. The fourth-order valence-electron chi connectivity index (χ4n) is 1.26. The second-order valence-corrected chi connectivity index (χ2v) is 3.05. The Kier molecular flexibility index (Phi) is 3.71. The Morgan fingerprint density at radius 1 is 1.46 bits per heavy atom. The molecule has 0 aliphatic carbocycles. The van der Waals surface area contributed by atoms with E-state index in [1.807, 2.05) is 13.0 Å². The Bertz CT molecular complexity index is 274. The van der Waals surface area contributed by atoms with Gasteiger partial charge in [0.15, 0.2) is 0 Å². The highest BCUT2D eigenvalue weighted by Crippen LogP contribution is 2.12. The summed E-state index contributed by atoms with van der Waals surface area (Å²) < 4.78 is 5.07. The first-order valence-electron chi connectivity index (χ1n) is 4.48. The summed E-state index contributed by atoms with van der Waals surface area (Å²) in [4.78, 5) is 4.21. The van der Waals surface area contributed by atoms with E-state index in [4.69, 9.17) is 10.5 Å². The predicted molar refractivity (Wildman–Crippen MR) is 52.9 cm³/mol. The van der Waals surface area contributed by atoms with Gasteiger partial charge in [-0.1, -0.05) is 0 Å². The number of nitrogens with zero attached hydrogens (tertiary/aromatic N) is 1. The van der Waals surface area contributed by atoms with Gasteiger partial charge < -0.3 is 10.5 Å². The molecule has 0 fully saturated rings. The number of methoxy groups -OCH3 is 1. The second kappa shape index (κ2) is 4.82. The molecule has 0 saturated carbocycles. The Balaban J connectivity index is 2.76. The summed E-state index contributed by atoms with van der Waals surface area (Å²) in [5.74, 6) is 0.687. The molecule has 72 valence electrons. The molecule has 0 radical (unpaired) electrons. The lowest BCUT2D eigenvalue weighted by Gasteiger charge is -2.04. The van der Waals surface area contributed by atoms with Gasteiger partial charge in [0, 0.05) is 11.8 Å². The number of rotatable bonds is 4. The third kappa shape index (κ3) is 3.03. The number of nitrogens with two attached hydrogens (primary N) is 1. The summed E-state index contributed by atoms with van der Waals surface area (Å²) in [6.07, 6.45) is 2.00. The number of hydrogen-bond acceptors (Lipinski definition) is 3. The normalized spacial score (nSPS) is 10.1. The Hall–Kier alpha value is -1.09. The fourth-order valence-corrected chi connectivity index (χ4v) is 1.26. The summed E-state index contributed by atoms with van der Waals surface area (Å²) in [5.41, 5.74) is 7.68. The first-order chi connectivity index (χ1) is 6.26. The van der Waals surface area contributed by atoms with Crippen LogP contribution in [0.4, 0.5) is 0 Å². The number of aryl methyl sites for hydroxylation is 2. The zero-order valence-electron chi connectivity index (χ0n) is 8.21. The minimum Gasteiger partial charge on any atom is -0.481 e. The van der Waals surface area contributed by atoms with Crippen molar-refractivity contribution in [3.63, 3.8) is 0 Å². The van der Waals surface area contributed by atoms with Crippen molar-refractivity contribution in [1.82, 2.24) is 4.98 Å². The maximum Gasteiger partial charge on any atom is 0.213 e. The van der Waals surface area contributed by atoms with Crippen molar-refractivity contribution in [2.75, 3.05) is 13.7 Å². The summed E-state index contributed by atoms with van der Waals surface area (Å²) in [6.45, 7) is 2.69. The first-order valence-corrected chi connectivity index (χ1v) is 4.48. The zero-order chi connectivity index (χ0) is 9.68. The third-order valence-corrected chi connectivity index (χ3v) is 1.87. The molecule has 0 unspecified atom stereocenters. The standard InChI is InChI=1S/C10H16N2O/c1-8-6-9(4-3-5-11)7-10(12-8)13-2/h6-7H,3-5,11H2,1-2H3. The molecule has 0 atom stereocenters. The molecule has 1 heterocycles. The van der Waals surface area contributed by atoms with Gasteiger partial charge in [-0.25, -0.2) is 4.98 Å². The van der Waals surface area contributed by atoms with E-state index in [-0.39, 0.29) is 0 Å². The zero-order valence-corrected chi connectivity index (χ0v) is 8.21. The van der Waals surface area contributed by atoms with Crippen LogP contribution in [0, 0.1) is 6.92 Å². The Labute approximate surface area is 78.9 Å². The number of hydrogen-bond donors (Lipinski definition) is 1. The minimum absolute atomic E-state index is 0.687. The highest BCUT2D eigenvalue weighted by Gasteiger charge is 1.99. The second-order valence-electron chi connectivity index (χ2n) is 3.05. The molecule has 0 aliphatic rings. The SMILES string of the molecule is COc1cc(CCCN)cc(C)n1. The Morgan fingerprint density at radius 3 is 2.85 bits per heavy atom. The maximum absolute atomic E-state index is 5.44. The molecule has 0 aliphatic heterocycles. The van der Waals surface area contributed by atoms with E-state index in [2.05, 4.69) is 11.1 Å². The fraction of sp³-hybridized carbons (Fsp3) is 0.500. The van der Waals surface area contributed by atoms with Gasteiger partial charge in [-0.15, -0.1) is 0 Å². The van der Waals surface area contributed by atoms with E-state index in [1.54, 1.807) is 7.11 Å². The van der Waals surface area contributed by atoms with Crippen molar-refractivity contribution >= 4 is 0 Å². The van der Waals surface area contributed by atoms with Crippen LogP contribution >= 0.6 is 0 Å². The van der Waals surface area contributed by atoms with Crippen LogP contribution in [0.3, 0.4) is 0 Å². The molecule has 13 heavy (non-hydrogen) atoms. The average Bonchev–Trinajstić information content (AvgIpc) is 2.14. The quantitative estimate of drug-likeness (QED) is 0.759. The van der Waals surface area contributed by atoms with Crippen LogP contribution in [-0.2, 0) is 6.42 Å². The highest BCUT2D eigenvalue weighted by atomic mass is 16.5. The molecule has 1 rings (SSSR count). The molecule has 0 amide bonds. The van der Waals surface area contributed by atoms with Crippen molar-refractivity contribution in [3.8, 4) is 5.88 Å². The van der Waals surface area contributed by atoms with Crippen LogP contribution in [0.15, 0.2) is 12.1 Å². The van der Waals surface area contributed by atoms with Gasteiger partial charge in [0.1, 0.15) is 0 Å². The van der Waals surface area contributed by atoms with Crippen LogP contribution in [0.5, 0.6) is 5.88 Å². The van der Waals surface area contributed by atoms with Crippen molar-refractivity contribution in [2.24, 2.45) is 5.73 Å². The minimum atomic E-state index is 0.687. The van der Waals surface area contributed by atoms with E-state index >= 15 is 0 Å². The van der Waals surface area contributed by atoms with Crippen LogP contribution in [0.1, 0.15) is 17.7 Å². The molecule has 2 N–H and O–H groups in total. The Morgan fingerprint density at radius 2 is 2.23 bits per heavy atom. The molecular weight excluding hydrogens is 164 g/mol. The summed E-state index contributed by atoms with van der Waals surface area (Å²) in [6, 6.07) is 4.03. The molecule has 0 saturated heterocycles. The van der Waals surface area contributed by atoms with Gasteiger partial charge in [0.2, 0.25) is 5.88 Å². The van der Waals surface area contributed by atoms with Gasteiger partial charge >= 0.3 is 0 Å². The van der Waals surface area contributed by atoms with Gasteiger partial charge in [-0.05, 0) is 37.9 Å². The average molecular weight is 180 g/mol. The molecule has 0 spiro atoms. The van der Waals surface area contributed by atoms with Crippen molar-refractivity contribution < 1.29 is 4.74 Å². The predicted octanol–water partition coefficient (Wildman–Crippen LogP) is 1.29. The summed E-state index contributed by atoms with van der Waals surface area (Å²) in [5, 5.41) is 0. The molecule has 1 aromatic heterocycles. The molecule has 3 heteroatoms. The molecule has 0 aromatic carbocycles. The molecule has 3 nitrogen and oxygen atoms in total. The van der Waals surface area contributed by atoms with E-state index in [0.29, 0.717) is 5.88 Å². The van der Waals surface area contributed by atoms with Crippen molar-refractivity contribution in [2.45, 2.75) is 19.8 Å². The monoisotopic (exact) mass is 180 g/mol. The first kappa shape index (κ1) is 9.99. The van der Waals surface area contributed by atoms with E-state index in [1.165, 1.54) is 5.56 Å². The van der Waals surface area contributed by atoms with Crippen LogP contribution in [0.25, 0.3) is 0 Å². The van der Waals surface area contributed by atoms with Gasteiger partial charge in [-0.3, -0.25) is 0 Å². The van der Waals surface area contributed by atoms with Crippen LogP contribution in [-0.4, -0.2) is 18.6 Å². The largest absolute Gasteiger partial charge is 0.481 e. The lowest BCUT2D eigenvalue weighted by molar-refractivity contribution is 0.396. The number of aromatic nitrogens is 1. The van der Waals surface area contributed by atoms with E-state index in [9.17, 15) is 0 Å². The molecule has 0 bridgehead atoms. The van der Waals surface area contributed by atoms with Crippen LogP contribution < -0.4 is 10.5 Å². The number of pyridine rings is 1. The summed E-state index contributed by atoms with van der Waals surface area (Å²) in [7, 11) is 1.63. The summed E-state index contributed by atoms with van der Waals surface area (Å²) >= 11 is 0. The maximum atomic E-state index is 5.44. The van der Waals surface area contributed by atoms with E-state index in [0.717, 1.165) is 25.1 Å². The van der Waals surface area contributed by atoms with Crippen LogP contribution in [0.2, 0.25) is 0 Å². The van der Waals surface area contributed by atoms with Gasteiger partial charge in [-0.2, -0.15) is 0 Å². The van der Waals surface area contributed by atoms with Gasteiger partial charge in [0.25, 0.3) is 0 Å². The topological polar surface area (TPSA) is 48.1 Å². The number of ether oxygens (including phenoxy) is 1. The molecular formula is C10H16N2O. The highest BCUT2D eigenvalue weighted by molar-refractivity contribution is 5.24. The van der Waals surface area contributed by atoms with E-state index < -0.39 is 0 Å². The van der Waals surface area contributed by atoms with Gasteiger partial charge in [0.05, 0.1) is 7.11 Å². The molecule has 1 aromatic rings. The van der Waals surface area contributed by atoms with Crippen molar-refractivity contribution in [3.05, 3.63) is 23.4 Å². The lowest BCUT2D eigenvalue weighted by atomic mass is 10.1.